The van der Waals surface area contributed by atoms with Crippen molar-refractivity contribution in [1.29, 1.82) is 0 Å². The Bertz CT molecular complexity index is 681. The van der Waals surface area contributed by atoms with Gasteiger partial charge in [-0.05, 0) is 45.0 Å². The monoisotopic (exact) mass is 545 g/mol. The Balaban J connectivity index is 1.69. The van der Waals surface area contributed by atoms with Crippen LogP contribution in [-0.4, -0.2) is 111 Å². The van der Waals surface area contributed by atoms with E-state index in [9.17, 15) is 4.79 Å². The Labute approximate surface area is 227 Å². The van der Waals surface area contributed by atoms with Crippen molar-refractivity contribution < 1.29 is 47.4 Å². The highest BCUT2D eigenvalue weighted by atomic mass is 16.6. The van der Waals surface area contributed by atoms with Gasteiger partial charge in [-0.2, -0.15) is 0 Å². The van der Waals surface area contributed by atoms with Crippen molar-refractivity contribution >= 4 is 11.7 Å². The van der Waals surface area contributed by atoms with Crippen molar-refractivity contribution in [1.82, 2.24) is 0 Å². The van der Waals surface area contributed by atoms with Crippen LogP contribution in [0.3, 0.4) is 0 Å². The molecule has 0 aliphatic heterocycles. The first kappa shape index (κ1) is 34.0. The quantitative estimate of drug-likeness (QED) is 0.111. The molecule has 0 saturated heterocycles. The van der Waals surface area contributed by atoms with Gasteiger partial charge in [-0.1, -0.05) is 0 Å². The predicted molar refractivity (Wildman–Crippen MR) is 143 cm³/mol. The zero-order chi connectivity index (χ0) is 27.7. The Morgan fingerprint density at radius 3 is 1.29 bits per heavy atom. The SMILES string of the molecule is CC(C)(C)OC(=O)CCOCCOCCOCCOCCOCCOCCOCCOc1ccc(N)cc1. The van der Waals surface area contributed by atoms with Crippen molar-refractivity contribution in [3.05, 3.63) is 24.3 Å². The standard InChI is InChI=1S/C27H47NO10/c1-27(2,3)38-26(29)8-9-30-10-11-31-12-13-32-14-15-33-16-17-34-18-19-35-20-21-36-22-23-37-25-6-4-24(28)5-7-25/h4-7H,8-23,28H2,1-3H3. The second kappa shape index (κ2) is 22.9. The number of carbonyl (C=O) groups is 1. The summed E-state index contributed by atoms with van der Waals surface area (Å²) in [7, 11) is 0. The lowest BCUT2D eigenvalue weighted by Gasteiger charge is -2.19. The molecule has 11 nitrogen and oxygen atoms in total. The molecule has 1 rings (SSSR count). The van der Waals surface area contributed by atoms with E-state index >= 15 is 0 Å². The number of carbonyl (C=O) groups excluding carboxylic acids is 1. The van der Waals surface area contributed by atoms with Crippen LogP contribution >= 0.6 is 0 Å². The number of rotatable bonds is 25. The first-order valence-corrected chi connectivity index (χ1v) is 13.1. The Morgan fingerprint density at radius 2 is 0.921 bits per heavy atom. The van der Waals surface area contributed by atoms with Crippen LogP contribution in [-0.2, 0) is 42.7 Å². The van der Waals surface area contributed by atoms with Gasteiger partial charge >= 0.3 is 5.97 Å². The van der Waals surface area contributed by atoms with E-state index in [0.717, 1.165) is 5.75 Å². The van der Waals surface area contributed by atoms with Gasteiger partial charge < -0.3 is 48.4 Å². The lowest BCUT2D eigenvalue weighted by atomic mass is 10.2. The maximum atomic E-state index is 11.5. The van der Waals surface area contributed by atoms with Crippen molar-refractivity contribution in [2.24, 2.45) is 0 Å². The van der Waals surface area contributed by atoms with Gasteiger partial charge in [-0.15, -0.1) is 0 Å². The van der Waals surface area contributed by atoms with Crippen LogP contribution in [0, 0.1) is 0 Å². The minimum Gasteiger partial charge on any atom is -0.491 e. The van der Waals surface area contributed by atoms with E-state index in [1.165, 1.54) is 0 Å². The van der Waals surface area contributed by atoms with Crippen molar-refractivity contribution in [2.75, 3.05) is 105 Å². The minimum absolute atomic E-state index is 0.235. The highest BCUT2D eigenvalue weighted by Gasteiger charge is 2.15. The fraction of sp³-hybridized carbons (Fsp3) is 0.741. The van der Waals surface area contributed by atoms with Gasteiger partial charge in [-0.25, -0.2) is 0 Å². The fourth-order valence-electron chi connectivity index (χ4n) is 2.75. The maximum Gasteiger partial charge on any atom is 0.308 e. The van der Waals surface area contributed by atoms with E-state index in [1.807, 2.05) is 32.9 Å². The van der Waals surface area contributed by atoms with E-state index < -0.39 is 5.60 Å². The third-order valence-electron chi connectivity index (χ3n) is 4.48. The third kappa shape index (κ3) is 23.2. The fourth-order valence-corrected chi connectivity index (χ4v) is 2.75. The van der Waals surface area contributed by atoms with Crippen LogP contribution in [0.2, 0.25) is 0 Å². The summed E-state index contributed by atoms with van der Waals surface area (Å²) in [5.41, 5.74) is 5.87. The van der Waals surface area contributed by atoms with Gasteiger partial charge in [0, 0.05) is 5.69 Å². The van der Waals surface area contributed by atoms with Crippen LogP contribution < -0.4 is 10.5 Å². The van der Waals surface area contributed by atoms with Gasteiger partial charge in [0.05, 0.1) is 98.9 Å². The molecule has 0 amide bonds. The topological polar surface area (TPSA) is 126 Å². The first-order valence-electron chi connectivity index (χ1n) is 13.1. The summed E-state index contributed by atoms with van der Waals surface area (Å²) in [6, 6.07) is 7.25. The summed E-state index contributed by atoms with van der Waals surface area (Å²) in [5.74, 6) is 0.506. The Morgan fingerprint density at radius 1 is 0.579 bits per heavy atom. The van der Waals surface area contributed by atoms with Gasteiger partial charge in [-0.3, -0.25) is 4.79 Å². The number of ether oxygens (including phenoxy) is 9. The molecule has 2 N–H and O–H groups in total. The highest BCUT2D eigenvalue weighted by molar-refractivity contribution is 5.69. The molecule has 0 atom stereocenters. The van der Waals surface area contributed by atoms with Crippen molar-refractivity contribution in [2.45, 2.75) is 32.8 Å². The normalized spacial score (nSPS) is 11.6. The second-order valence-electron chi connectivity index (χ2n) is 9.04. The number of nitrogens with two attached hydrogens (primary N) is 1. The second-order valence-corrected chi connectivity index (χ2v) is 9.04. The Kier molecular flexibility index (Phi) is 20.6. The summed E-state index contributed by atoms with van der Waals surface area (Å²) < 4.78 is 48.7. The van der Waals surface area contributed by atoms with Crippen LogP contribution in [0.4, 0.5) is 5.69 Å². The molecular weight excluding hydrogens is 498 g/mol. The van der Waals surface area contributed by atoms with E-state index in [1.54, 1.807) is 12.1 Å². The molecule has 0 radical (unpaired) electrons. The average molecular weight is 546 g/mol. The molecule has 0 aliphatic carbocycles. The van der Waals surface area contributed by atoms with Gasteiger partial charge in [0.1, 0.15) is 18.0 Å². The zero-order valence-corrected chi connectivity index (χ0v) is 23.3. The molecule has 0 aromatic heterocycles. The minimum atomic E-state index is -0.470. The lowest BCUT2D eigenvalue weighted by Crippen LogP contribution is -2.24. The van der Waals surface area contributed by atoms with Crippen molar-refractivity contribution in [3.8, 4) is 5.75 Å². The maximum absolute atomic E-state index is 11.5. The molecule has 0 unspecified atom stereocenters. The first-order chi connectivity index (χ1) is 18.4. The van der Waals surface area contributed by atoms with Gasteiger partial charge in [0.15, 0.2) is 0 Å². The number of anilines is 1. The number of nitrogen functional groups attached to an aromatic ring is 1. The number of hydrogen-bond donors (Lipinski definition) is 1. The number of esters is 1. The molecule has 0 spiro atoms. The average Bonchev–Trinajstić information content (AvgIpc) is 2.86. The molecule has 0 heterocycles. The van der Waals surface area contributed by atoms with Gasteiger partial charge in [0.2, 0.25) is 0 Å². The summed E-state index contributed by atoms with van der Waals surface area (Å²) in [4.78, 5) is 11.5. The van der Waals surface area contributed by atoms with Crippen LogP contribution in [0.25, 0.3) is 0 Å². The van der Waals surface area contributed by atoms with E-state index in [2.05, 4.69) is 0 Å². The van der Waals surface area contributed by atoms with Crippen LogP contribution in [0.1, 0.15) is 27.2 Å². The summed E-state index contributed by atoms with van der Waals surface area (Å²) in [5, 5.41) is 0. The molecular formula is C27H47NO10. The van der Waals surface area contributed by atoms with E-state index in [-0.39, 0.29) is 12.4 Å². The summed E-state index contributed by atoms with van der Waals surface area (Å²) >= 11 is 0. The van der Waals surface area contributed by atoms with Crippen molar-refractivity contribution in [3.63, 3.8) is 0 Å². The predicted octanol–water partition coefficient (Wildman–Crippen LogP) is 2.50. The smallest absolute Gasteiger partial charge is 0.308 e. The highest BCUT2D eigenvalue weighted by Crippen LogP contribution is 2.12. The lowest BCUT2D eigenvalue weighted by molar-refractivity contribution is -0.156. The third-order valence-corrected chi connectivity index (χ3v) is 4.48. The molecule has 220 valence electrons. The molecule has 0 aliphatic rings. The molecule has 38 heavy (non-hydrogen) atoms. The Hall–Kier alpha value is -1.99. The van der Waals surface area contributed by atoms with E-state index in [4.69, 9.17) is 48.4 Å². The largest absolute Gasteiger partial charge is 0.491 e. The summed E-state index contributed by atoms with van der Waals surface area (Å²) in [6.07, 6.45) is 0.235. The molecule has 1 aromatic carbocycles. The molecule has 1 aromatic rings. The number of hydrogen-bond acceptors (Lipinski definition) is 11. The molecule has 11 heteroatoms. The number of benzene rings is 1. The zero-order valence-electron chi connectivity index (χ0n) is 23.3. The van der Waals surface area contributed by atoms with E-state index in [0.29, 0.717) is 105 Å². The van der Waals surface area contributed by atoms with Crippen LogP contribution in [0.15, 0.2) is 24.3 Å². The van der Waals surface area contributed by atoms with Gasteiger partial charge in [0.25, 0.3) is 0 Å². The summed E-state index contributed by atoms with van der Waals surface area (Å²) in [6.45, 7) is 12.6. The molecule has 0 fully saturated rings. The van der Waals surface area contributed by atoms with Crippen LogP contribution in [0.5, 0.6) is 5.75 Å². The molecule has 0 bridgehead atoms. The molecule has 0 saturated carbocycles.